The summed E-state index contributed by atoms with van der Waals surface area (Å²) in [5, 5.41) is 3.94. The zero-order valence-corrected chi connectivity index (χ0v) is 16.1. The Hall–Kier alpha value is -2.24. The average molecular weight is 395 g/mol. The van der Waals surface area contributed by atoms with Crippen LogP contribution in [-0.2, 0) is 16.0 Å². The van der Waals surface area contributed by atoms with Crippen molar-refractivity contribution in [3.8, 4) is 5.75 Å². The quantitative estimate of drug-likeness (QED) is 0.778. The highest BCUT2D eigenvalue weighted by Crippen LogP contribution is 2.31. The van der Waals surface area contributed by atoms with Crippen LogP contribution < -0.4 is 15.0 Å². The van der Waals surface area contributed by atoms with Crippen LogP contribution in [0.4, 0.5) is 5.69 Å². The van der Waals surface area contributed by atoms with Crippen LogP contribution in [0.25, 0.3) is 0 Å². The number of benzene rings is 2. The molecule has 138 valence electrons. The predicted molar refractivity (Wildman–Crippen MR) is 104 cm³/mol. The summed E-state index contributed by atoms with van der Waals surface area (Å²) in [4.78, 5) is 25.6. The first-order chi connectivity index (χ1) is 12.4. The highest BCUT2D eigenvalue weighted by Gasteiger charge is 2.17. The molecule has 2 aromatic rings. The molecule has 1 N–H and O–H groups in total. The molecule has 0 saturated carbocycles. The second-order valence-corrected chi connectivity index (χ2v) is 6.51. The van der Waals surface area contributed by atoms with Gasteiger partial charge >= 0.3 is 0 Å². The third-order valence-electron chi connectivity index (χ3n) is 3.75. The van der Waals surface area contributed by atoms with Gasteiger partial charge in [-0.15, -0.1) is 0 Å². The monoisotopic (exact) mass is 394 g/mol. The van der Waals surface area contributed by atoms with Gasteiger partial charge in [0.15, 0.2) is 0 Å². The maximum atomic E-state index is 12.1. The van der Waals surface area contributed by atoms with Crippen LogP contribution in [-0.4, -0.2) is 32.0 Å². The molecule has 0 aliphatic carbocycles. The number of rotatable bonds is 7. The van der Waals surface area contributed by atoms with E-state index in [-0.39, 0.29) is 18.2 Å². The molecule has 2 aromatic carbocycles. The van der Waals surface area contributed by atoms with Gasteiger partial charge in [0, 0.05) is 30.1 Å². The maximum absolute atomic E-state index is 12.1. The minimum atomic E-state index is -0.169. The van der Waals surface area contributed by atoms with Crippen molar-refractivity contribution < 1.29 is 14.3 Å². The maximum Gasteiger partial charge on any atom is 0.224 e. The SMILES string of the molecule is COc1ccc(Cl)cc1N(CCNC(=O)Cc1ccc(Cl)cc1)C(C)=O. The van der Waals surface area contributed by atoms with Gasteiger partial charge in [-0.2, -0.15) is 0 Å². The van der Waals surface area contributed by atoms with Crippen LogP contribution in [0.15, 0.2) is 42.5 Å². The molecule has 0 unspecified atom stereocenters. The largest absolute Gasteiger partial charge is 0.495 e. The van der Waals surface area contributed by atoms with Gasteiger partial charge in [0.05, 0.1) is 19.2 Å². The van der Waals surface area contributed by atoms with E-state index in [2.05, 4.69) is 5.32 Å². The van der Waals surface area contributed by atoms with E-state index in [9.17, 15) is 9.59 Å². The third kappa shape index (κ3) is 5.64. The van der Waals surface area contributed by atoms with Crippen LogP contribution in [0, 0.1) is 0 Å². The van der Waals surface area contributed by atoms with Gasteiger partial charge in [-0.25, -0.2) is 0 Å². The second-order valence-electron chi connectivity index (χ2n) is 5.64. The number of hydrogen-bond acceptors (Lipinski definition) is 3. The molecular weight excluding hydrogens is 375 g/mol. The number of carbonyl (C=O) groups excluding carboxylic acids is 2. The zero-order chi connectivity index (χ0) is 19.1. The number of amides is 2. The van der Waals surface area contributed by atoms with Crippen molar-refractivity contribution in [3.05, 3.63) is 58.1 Å². The Morgan fingerprint density at radius 1 is 1.08 bits per heavy atom. The molecule has 26 heavy (non-hydrogen) atoms. The summed E-state index contributed by atoms with van der Waals surface area (Å²) in [6, 6.07) is 12.2. The van der Waals surface area contributed by atoms with Crippen molar-refractivity contribution in [2.45, 2.75) is 13.3 Å². The fraction of sp³-hybridized carbons (Fsp3) is 0.263. The third-order valence-corrected chi connectivity index (χ3v) is 4.23. The molecule has 0 aliphatic heterocycles. The molecule has 7 heteroatoms. The van der Waals surface area contributed by atoms with Crippen LogP contribution in [0.5, 0.6) is 5.75 Å². The molecule has 0 saturated heterocycles. The normalized spacial score (nSPS) is 10.3. The summed E-state index contributed by atoms with van der Waals surface area (Å²) < 4.78 is 5.30. The van der Waals surface area contributed by atoms with Crippen molar-refractivity contribution in [2.24, 2.45) is 0 Å². The van der Waals surface area contributed by atoms with Crippen molar-refractivity contribution in [3.63, 3.8) is 0 Å². The minimum Gasteiger partial charge on any atom is -0.495 e. The van der Waals surface area contributed by atoms with Crippen molar-refractivity contribution >= 4 is 40.7 Å². The van der Waals surface area contributed by atoms with E-state index < -0.39 is 0 Å². The van der Waals surface area contributed by atoms with Gasteiger partial charge in [0.25, 0.3) is 0 Å². The molecule has 0 bridgehead atoms. The Labute approximate surface area is 162 Å². The van der Waals surface area contributed by atoms with E-state index in [1.807, 2.05) is 0 Å². The smallest absolute Gasteiger partial charge is 0.224 e. The fourth-order valence-electron chi connectivity index (χ4n) is 2.48. The van der Waals surface area contributed by atoms with E-state index in [0.717, 1.165) is 5.56 Å². The van der Waals surface area contributed by atoms with Gasteiger partial charge in [-0.05, 0) is 35.9 Å². The second kappa shape index (κ2) is 9.46. The predicted octanol–water partition coefficient (Wildman–Crippen LogP) is 3.71. The number of halogens is 2. The highest BCUT2D eigenvalue weighted by molar-refractivity contribution is 6.31. The summed E-state index contributed by atoms with van der Waals surface area (Å²) in [7, 11) is 1.53. The molecule has 0 aromatic heterocycles. The number of hydrogen-bond donors (Lipinski definition) is 1. The Morgan fingerprint density at radius 2 is 1.73 bits per heavy atom. The van der Waals surface area contributed by atoms with Crippen LogP contribution in [0.3, 0.4) is 0 Å². The lowest BCUT2D eigenvalue weighted by molar-refractivity contribution is -0.121. The molecule has 0 fully saturated rings. The standard InChI is InChI=1S/C19H20Cl2N2O3/c1-13(24)23(17-12-16(21)7-8-18(17)26-2)10-9-22-19(25)11-14-3-5-15(20)6-4-14/h3-8,12H,9-11H2,1-2H3,(H,22,25). The summed E-state index contributed by atoms with van der Waals surface area (Å²) in [5.74, 6) is 0.239. The summed E-state index contributed by atoms with van der Waals surface area (Å²) in [5.41, 5.74) is 1.44. The molecule has 0 spiro atoms. The highest BCUT2D eigenvalue weighted by atomic mass is 35.5. The summed E-state index contributed by atoms with van der Waals surface area (Å²) >= 11 is 11.9. The molecule has 0 radical (unpaired) electrons. The Balaban J connectivity index is 1.97. The molecule has 5 nitrogen and oxygen atoms in total. The van der Waals surface area contributed by atoms with Crippen LogP contribution >= 0.6 is 23.2 Å². The Morgan fingerprint density at radius 3 is 2.35 bits per heavy atom. The first-order valence-corrected chi connectivity index (χ1v) is 8.79. The lowest BCUT2D eigenvalue weighted by Crippen LogP contribution is -2.38. The van der Waals surface area contributed by atoms with Gasteiger partial charge in [-0.3, -0.25) is 9.59 Å². The summed E-state index contributed by atoms with van der Waals surface area (Å²) in [6.45, 7) is 2.07. The van der Waals surface area contributed by atoms with E-state index in [0.29, 0.717) is 34.6 Å². The lowest BCUT2D eigenvalue weighted by atomic mass is 10.1. The fourth-order valence-corrected chi connectivity index (χ4v) is 2.77. The van der Waals surface area contributed by atoms with Gasteiger partial charge in [-0.1, -0.05) is 35.3 Å². The molecular formula is C19H20Cl2N2O3. The lowest BCUT2D eigenvalue weighted by Gasteiger charge is -2.23. The molecule has 0 aliphatic rings. The molecule has 0 heterocycles. The minimum absolute atomic E-state index is 0.131. The van der Waals surface area contributed by atoms with E-state index in [1.54, 1.807) is 42.5 Å². The van der Waals surface area contributed by atoms with Crippen LogP contribution in [0.1, 0.15) is 12.5 Å². The summed E-state index contributed by atoms with van der Waals surface area (Å²) in [6.07, 6.45) is 0.248. The first kappa shape index (κ1) is 20.1. The number of nitrogens with one attached hydrogen (secondary N) is 1. The van der Waals surface area contributed by atoms with Gasteiger partial charge in [0.1, 0.15) is 5.75 Å². The number of carbonyl (C=O) groups is 2. The number of methoxy groups -OCH3 is 1. The number of anilines is 1. The van der Waals surface area contributed by atoms with Gasteiger partial charge in [0.2, 0.25) is 11.8 Å². The van der Waals surface area contributed by atoms with Crippen molar-refractivity contribution in [1.82, 2.24) is 5.32 Å². The van der Waals surface area contributed by atoms with E-state index in [1.165, 1.54) is 18.9 Å². The number of ether oxygens (including phenoxy) is 1. The zero-order valence-electron chi connectivity index (χ0n) is 14.6. The van der Waals surface area contributed by atoms with Crippen molar-refractivity contribution in [2.75, 3.05) is 25.1 Å². The molecule has 2 amide bonds. The molecule has 0 atom stereocenters. The van der Waals surface area contributed by atoms with Crippen molar-refractivity contribution in [1.29, 1.82) is 0 Å². The van der Waals surface area contributed by atoms with E-state index >= 15 is 0 Å². The van der Waals surface area contributed by atoms with Gasteiger partial charge < -0.3 is 15.0 Å². The van der Waals surface area contributed by atoms with E-state index in [4.69, 9.17) is 27.9 Å². The molecule has 2 rings (SSSR count). The average Bonchev–Trinajstić information content (AvgIpc) is 2.60. The topological polar surface area (TPSA) is 58.6 Å². The van der Waals surface area contributed by atoms with Crippen LogP contribution in [0.2, 0.25) is 10.0 Å². The Kier molecular flexibility index (Phi) is 7.30. The Bertz CT molecular complexity index is 779. The number of nitrogens with zero attached hydrogens (tertiary/aromatic N) is 1. The first-order valence-electron chi connectivity index (χ1n) is 8.03.